The number of carbonyl (C=O) groups excluding carboxylic acids is 1. The molecule has 2 aromatic carbocycles. The molecule has 2 amide bonds. The summed E-state index contributed by atoms with van der Waals surface area (Å²) in [6.45, 7) is 3.42. The molecule has 0 aliphatic carbocycles. The van der Waals surface area contributed by atoms with Crippen LogP contribution in [-0.4, -0.2) is 63.8 Å². The summed E-state index contributed by atoms with van der Waals surface area (Å²) in [5.74, 6) is 0. The van der Waals surface area contributed by atoms with Crippen LogP contribution >= 0.6 is 0 Å². The van der Waals surface area contributed by atoms with Crippen molar-refractivity contribution < 1.29 is 18.0 Å². The van der Waals surface area contributed by atoms with Gasteiger partial charge in [-0.25, -0.2) is 4.79 Å². The topological polar surface area (TPSA) is 78.3 Å². The van der Waals surface area contributed by atoms with Crippen LogP contribution in [0.1, 0.15) is 17.5 Å². The average Bonchev–Trinajstić information content (AvgIpc) is 3.16. The van der Waals surface area contributed by atoms with Crippen molar-refractivity contribution in [3.05, 3.63) is 72.2 Å². The van der Waals surface area contributed by atoms with Gasteiger partial charge in [-0.1, -0.05) is 18.2 Å². The third kappa shape index (κ3) is 6.21. The number of urea groups is 1. The first-order valence-corrected chi connectivity index (χ1v) is 12.7. The molecule has 2 N–H and O–H groups in total. The number of hydrogen-bond acceptors (Lipinski definition) is 5. The van der Waals surface area contributed by atoms with Crippen molar-refractivity contribution >= 4 is 28.3 Å². The van der Waals surface area contributed by atoms with E-state index in [9.17, 15) is 18.0 Å². The molecule has 0 spiro atoms. The van der Waals surface area contributed by atoms with Gasteiger partial charge in [-0.2, -0.15) is 18.3 Å². The quantitative estimate of drug-likeness (QED) is 0.355. The highest BCUT2D eigenvalue weighted by atomic mass is 19.4. The first kappa shape index (κ1) is 26.6. The number of benzene rings is 2. The lowest BCUT2D eigenvalue weighted by molar-refractivity contribution is -0.138. The standard InChI is InChI=1S/C28H30F3N7O/c1-36-10-3-11-38(13-12-36)18-20-6-9-22(14-25(20)28(29,30)31)35-27(39)34-21-7-4-19(5-8-21)23-15-32-17-26-24(23)16-33-37(26)2/h4-9,14-17H,3,10-13,18H2,1-2H3,(H2,34,35,39). The molecule has 0 atom stereocenters. The zero-order valence-electron chi connectivity index (χ0n) is 21.8. The van der Waals surface area contributed by atoms with Crippen molar-refractivity contribution in [2.24, 2.45) is 7.05 Å². The SMILES string of the molecule is CN1CCCN(Cc2ccc(NC(=O)Nc3ccc(-c4cncc5c4cnn5C)cc3)cc2C(F)(F)F)CC1. The fourth-order valence-electron chi connectivity index (χ4n) is 4.87. The Morgan fingerprint density at radius 1 is 0.923 bits per heavy atom. The summed E-state index contributed by atoms with van der Waals surface area (Å²) in [7, 11) is 3.87. The lowest BCUT2D eigenvalue weighted by Crippen LogP contribution is -2.29. The molecule has 204 valence electrons. The Bertz CT molecular complexity index is 1470. The van der Waals surface area contributed by atoms with Crippen LogP contribution in [0.25, 0.3) is 22.0 Å². The molecule has 4 aromatic rings. The van der Waals surface area contributed by atoms with Gasteiger partial charge in [-0.3, -0.25) is 14.6 Å². The zero-order chi connectivity index (χ0) is 27.6. The number of halogens is 3. The van der Waals surface area contributed by atoms with E-state index in [2.05, 4.69) is 25.6 Å². The minimum Gasteiger partial charge on any atom is -0.308 e. The normalized spacial score (nSPS) is 15.3. The number of nitrogens with zero attached hydrogens (tertiary/aromatic N) is 5. The van der Waals surface area contributed by atoms with Gasteiger partial charge in [-0.05, 0) is 62.0 Å². The lowest BCUT2D eigenvalue weighted by Gasteiger charge is -2.23. The molecule has 1 aliphatic rings. The van der Waals surface area contributed by atoms with Crippen molar-refractivity contribution in [3.63, 3.8) is 0 Å². The molecule has 2 aromatic heterocycles. The molecule has 1 fully saturated rings. The van der Waals surface area contributed by atoms with E-state index in [-0.39, 0.29) is 17.8 Å². The number of rotatable bonds is 5. The van der Waals surface area contributed by atoms with E-state index in [1.54, 1.807) is 35.4 Å². The van der Waals surface area contributed by atoms with Crippen LogP contribution in [0, 0.1) is 0 Å². The zero-order valence-corrected chi connectivity index (χ0v) is 21.8. The summed E-state index contributed by atoms with van der Waals surface area (Å²) in [6.07, 6.45) is 1.66. The van der Waals surface area contributed by atoms with Gasteiger partial charge in [0.15, 0.2) is 0 Å². The van der Waals surface area contributed by atoms with Crippen LogP contribution < -0.4 is 10.6 Å². The maximum atomic E-state index is 13.9. The van der Waals surface area contributed by atoms with E-state index >= 15 is 0 Å². The van der Waals surface area contributed by atoms with E-state index in [0.717, 1.165) is 54.2 Å². The van der Waals surface area contributed by atoms with Crippen LogP contribution in [0.2, 0.25) is 0 Å². The fraction of sp³-hybridized carbons (Fsp3) is 0.321. The molecule has 39 heavy (non-hydrogen) atoms. The summed E-state index contributed by atoms with van der Waals surface area (Å²) in [5, 5.41) is 10.4. The summed E-state index contributed by atoms with van der Waals surface area (Å²) in [4.78, 5) is 21.1. The third-order valence-electron chi connectivity index (χ3n) is 7.01. The van der Waals surface area contributed by atoms with Crippen LogP contribution in [0.5, 0.6) is 0 Å². The Balaban J connectivity index is 1.26. The number of hydrogen-bond donors (Lipinski definition) is 2. The van der Waals surface area contributed by atoms with Gasteiger partial charge in [0.1, 0.15) is 0 Å². The number of fused-ring (bicyclic) bond motifs is 1. The highest BCUT2D eigenvalue weighted by molar-refractivity contribution is 6.00. The Morgan fingerprint density at radius 2 is 1.67 bits per heavy atom. The predicted molar refractivity (Wildman–Crippen MR) is 145 cm³/mol. The van der Waals surface area contributed by atoms with Crippen molar-refractivity contribution in [2.45, 2.75) is 19.1 Å². The predicted octanol–water partition coefficient (Wildman–Crippen LogP) is 5.44. The molecule has 0 radical (unpaired) electrons. The minimum atomic E-state index is -4.53. The number of alkyl halides is 3. The van der Waals surface area contributed by atoms with Gasteiger partial charge in [0.25, 0.3) is 0 Å². The molecule has 0 saturated carbocycles. The van der Waals surface area contributed by atoms with E-state index in [1.165, 1.54) is 12.1 Å². The number of pyridine rings is 1. The van der Waals surface area contributed by atoms with Gasteiger partial charge in [0.05, 0.1) is 23.5 Å². The first-order chi connectivity index (χ1) is 18.7. The summed E-state index contributed by atoms with van der Waals surface area (Å²) < 4.78 is 43.5. The minimum absolute atomic E-state index is 0.0742. The molecule has 8 nitrogen and oxygen atoms in total. The largest absolute Gasteiger partial charge is 0.416 e. The van der Waals surface area contributed by atoms with Crippen molar-refractivity contribution in [1.82, 2.24) is 24.6 Å². The Kier molecular flexibility index (Phi) is 7.53. The molecule has 1 aliphatic heterocycles. The van der Waals surface area contributed by atoms with Crippen molar-refractivity contribution in [2.75, 3.05) is 43.9 Å². The van der Waals surface area contributed by atoms with Gasteiger partial charge in [0.2, 0.25) is 0 Å². The number of aromatic nitrogens is 3. The molecular formula is C28H30F3N7O. The number of anilines is 2. The Hall–Kier alpha value is -3.96. The molecule has 11 heteroatoms. The van der Waals surface area contributed by atoms with Crippen molar-refractivity contribution in [3.8, 4) is 11.1 Å². The summed E-state index contributed by atoms with van der Waals surface area (Å²) in [5.41, 5.74) is 2.74. The van der Waals surface area contributed by atoms with Gasteiger partial charge < -0.3 is 15.5 Å². The van der Waals surface area contributed by atoms with Crippen LogP contribution in [0.4, 0.5) is 29.3 Å². The first-order valence-electron chi connectivity index (χ1n) is 12.7. The van der Waals surface area contributed by atoms with E-state index in [4.69, 9.17) is 0 Å². The molecule has 5 rings (SSSR count). The maximum absolute atomic E-state index is 13.9. The third-order valence-corrected chi connectivity index (χ3v) is 7.01. The second-order valence-electron chi connectivity index (χ2n) is 9.85. The molecular weight excluding hydrogens is 507 g/mol. The molecule has 1 saturated heterocycles. The average molecular weight is 538 g/mol. The van der Waals surface area contributed by atoms with E-state index in [0.29, 0.717) is 12.2 Å². The van der Waals surface area contributed by atoms with E-state index < -0.39 is 17.8 Å². The monoisotopic (exact) mass is 537 g/mol. The maximum Gasteiger partial charge on any atom is 0.416 e. The lowest BCUT2D eigenvalue weighted by atomic mass is 10.0. The van der Waals surface area contributed by atoms with Gasteiger partial charge >= 0.3 is 12.2 Å². The Labute approximate surface area is 224 Å². The van der Waals surface area contributed by atoms with Crippen LogP contribution in [0.15, 0.2) is 61.1 Å². The number of likely N-dealkylation sites (N-methyl/N-ethyl adjacent to an activating group) is 1. The van der Waals surface area contributed by atoms with Gasteiger partial charge in [0, 0.05) is 55.2 Å². The second kappa shape index (κ2) is 11.0. The van der Waals surface area contributed by atoms with Gasteiger partial charge in [-0.15, -0.1) is 0 Å². The number of amides is 2. The fourth-order valence-corrected chi connectivity index (χ4v) is 4.87. The molecule has 0 unspecified atom stereocenters. The summed E-state index contributed by atoms with van der Waals surface area (Å²) >= 11 is 0. The Morgan fingerprint density at radius 3 is 2.44 bits per heavy atom. The van der Waals surface area contributed by atoms with Crippen molar-refractivity contribution in [1.29, 1.82) is 0 Å². The van der Waals surface area contributed by atoms with Crippen LogP contribution in [-0.2, 0) is 19.8 Å². The molecule has 0 bridgehead atoms. The number of nitrogens with one attached hydrogen (secondary N) is 2. The van der Waals surface area contributed by atoms with E-state index in [1.807, 2.05) is 31.1 Å². The molecule has 3 heterocycles. The summed E-state index contributed by atoms with van der Waals surface area (Å²) in [6, 6.07) is 10.5. The number of aryl methyl sites for hydroxylation is 1. The highest BCUT2D eigenvalue weighted by Crippen LogP contribution is 2.35. The van der Waals surface area contributed by atoms with Crippen LogP contribution in [0.3, 0.4) is 0 Å². The second-order valence-corrected chi connectivity index (χ2v) is 9.85. The number of carbonyl (C=O) groups is 1. The smallest absolute Gasteiger partial charge is 0.308 e. The highest BCUT2D eigenvalue weighted by Gasteiger charge is 2.34.